The van der Waals surface area contributed by atoms with Crippen molar-refractivity contribution < 1.29 is 14.7 Å². The normalized spacial score (nSPS) is 19.4. The van der Waals surface area contributed by atoms with Crippen molar-refractivity contribution in [2.24, 2.45) is 16.7 Å². The van der Waals surface area contributed by atoms with Crippen LogP contribution in [0.2, 0.25) is 0 Å². The van der Waals surface area contributed by atoms with Crippen LogP contribution in [0.5, 0.6) is 0 Å². The van der Waals surface area contributed by atoms with Crippen molar-refractivity contribution in [3.8, 4) is 0 Å². The number of benzene rings is 1. The molecule has 0 radical (unpaired) electrons. The van der Waals surface area contributed by atoms with Crippen molar-refractivity contribution in [3.63, 3.8) is 0 Å². The second-order valence-corrected chi connectivity index (χ2v) is 6.67. The molecule has 0 saturated heterocycles. The maximum Gasteiger partial charge on any atom is 0.337 e. The van der Waals surface area contributed by atoms with Crippen LogP contribution in [-0.4, -0.2) is 17.0 Å². The fraction of sp³-hybridized carbons (Fsp3) is 0.500. The molecule has 1 saturated carbocycles. The van der Waals surface area contributed by atoms with Crippen molar-refractivity contribution >= 4 is 17.6 Å². The van der Waals surface area contributed by atoms with E-state index in [0.29, 0.717) is 5.69 Å². The van der Waals surface area contributed by atoms with Crippen LogP contribution in [0, 0.1) is 23.7 Å². The monoisotopic (exact) mass is 275 g/mol. The zero-order valence-electron chi connectivity index (χ0n) is 12.6. The van der Waals surface area contributed by atoms with Crippen molar-refractivity contribution in [2.45, 2.75) is 34.6 Å². The highest BCUT2D eigenvalue weighted by Crippen LogP contribution is 2.68. The van der Waals surface area contributed by atoms with Gasteiger partial charge in [-0.15, -0.1) is 0 Å². The van der Waals surface area contributed by atoms with Crippen LogP contribution in [0.4, 0.5) is 5.69 Å². The number of aromatic carboxylic acids is 1. The predicted molar refractivity (Wildman–Crippen MR) is 77.8 cm³/mol. The molecule has 0 aromatic heterocycles. The third-order valence-corrected chi connectivity index (χ3v) is 5.03. The first-order chi connectivity index (χ1) is 9.10. The van der Waals surface area contributed by atoms with Crippen LogP contribution >= 0.6 is 0 Å². The number of nitrogens with one attached hydrogen (secondary N) is 1. The summed E-state index contributed by atoms with van der Waals surface area (Å²) in [6, 6.07) is 4.98. The van der Waals surface area contributed by atoms with Crippen molar-refractivity contribution in [3.05, 3.63) is 29.3 Å². The van der Waals surface area contributed by atoms with Crippen LogP contribution in [0.1, 0.15) is 43.6 Å². The number of carbonyl (C=O) groups excluding carboxylic acids is 1. The Balaban J connectivity index is 2.29. The van der Waals surface area contributed by atoms with Gasteiger partial charge in [-0.2, -0.15) is 0 Å². The zero-order valence-corrected chi connectivity index (χ0v) is 12.6. The Labute approximate surface area is 119 Å². The van der Waals surface area contributed by atoms with Crippen molar-refractivity contribution in [1.29, 1.82) is 0 Å². The molecule has 0 unspecified atom stereocenters. The summed E-state index contributed by atoms with van der Waals surface area (Å²) >= 11 is 0. The Morgan fingerprint density at radius 2 is 1.70 bits per heavy atom. The van der Waals surface area contributed by atoms with E-state index in [0.717, 1.165) is 5.56 Å². The Morgan fingerprint density at radius 1 is 1.15 bits per heavy atom. The van der Waals surface area contributed by atoms with E-state index < -0.39 is 5.97 Å². The highest BCUT2D eigenvalue weighted by Gasteiger charge is 2.68. The molecule has 4 nitrogen and oxygen atoms in total. The molecule has 20 heavy (non-hydrogen) atoms. The molecule has 0 heterocycles. The van der Waals surface area contributed by atoms with Crippen molar-refractivity contribution in [1.82, 2.24) is 0 Å². The van der Waals surface area contributed by atoms with Gasteiger partial charge in [0.1, 0.15) is 0 Å². The maximum atomic E-state index is 12.4. The van der Waals surface area contributed by atoms with Crippen molar-refractivity contribution in [2.75, 3.05) is 5.32 Å². The smallest absolute Gasteiger partial charge is 0.337 e. The average molecular weight is 275 g/mol. The number of anilines is 1. The first-order valence-corrected chi connectivity index (χ1v) is 6.74. The summed E-state index contributed by atoms with van der Waals surface area (Å²) in [5.74, 6) is -1.23. The van der Waals surface area contributed by atoms with Gasteiger partial charge in [0.05, 0.1) is 11.3 Å². The Morgan fingerprint density at radius 3 is 2.15 bits per heavy atom. The van der Waals surface area contributed by atoms with Crippen LogP contribution < -0.4 is 5.32 Å². The summed E-state index contributed by atoms with van der Waals surface area (Å²) in [5.41, 5.74) is 1.17. The summed E-state index contributed by atoms with van der Waals surface area (Å²) in [7, 11) is 0. The number of carboxylic acid groups (broad SMARTS) is 1. The Hall–Kier alpha value is -1.84. The molecule has 0 atom stereocenters. The van der Waals surface area contributed by atoms with Gasteiger partial charge in [0.2, 0.25) is 5.91 Å². The summed E-state index contributed by atoms with van der Waals surface area (Å²) in [5, 5.41) is 12.0. The number of carboxylic acids is 1. The van der Waals surface area contributed by atoms with Crippen LogP contribution in [0.25, 0.3) is 0 Å². The molecule has 0 bridgehead atoms. The third kappa shape index (κ3) is 1.99. The Bertz CT molecular complexity index is 573. The van der Waals surface area contributed by atoms with Crippen LogP contribution in [0.3, 0.4) is 0 Å². The van der Waals surface area contributed by atoms with Gasteiger partial charge in [0.25, 0.3) is 0 Å². The standard InChI is InChI=1S/C16H21NO3/c1-9-7-6-8-10(14(19)20)11(9)17-13(18)12-15(2,3)16(12,4)5/h6-8,12H,1-5H3,(H,17,18)(H,19,20). The van der Waals surface area contributed by atoms with Gasteiger partial charge in [-0.1, -0.05) is 39.8 Å². The maximum absolute atomic E-state index is 12.4. The molecule has 1 aromatic rings. The summed E-state index contributed by atoms with van der Waals surface area (Å²) in [6.45, 7) is 10.0. The molecule has 1 fully saturated rings. The van der Waals surface area contributed by atoms with Gasteiger partial charge in [0, 0.05) is 5.92 Å². The van der Waals surface area contributed by atoms with Gasteiger partial charge >= 0.3 is 5.97 Å². The summed E-state index contributed by atoms with van der Waals surface area (Å²) < 4.78 is 0. The van der Waals surface area contributed by atoms with E-state index in [-0.39, 0.29) is 28.2 Å². The quantitative estimate of drug-likeness (QED) is 0.889. The van der Waals surface area contributed by atoms with Gasteiger partial charge < -0.3 is 10.4 Å². The number of carbonyl (C=O) groups is 2. The lowest BCUT2D eigenvalue weighted by Crippen LogP contribution is -2.20. The minimum atomic E-state index is -1.03. The second-order valence-electron chi connectivity index (χ2n) is 6.67. The average Bonchev–Trinajstić information content (AvgIpc) is 2.71. The number of amides is 1. The molecule has 2 N–H and O–H groups in total. The van der Waals surface area contributed by atoms with E-state index in [2.05, 4.69) is 33.0 Å². The number of hydrogen-bond donors (Lipinski definition) is 2. The highest BCUT2D eigenvalue weighted by molar-refractivity contribution is 6.03. The topological polar surface area (TPSA) is 66.4 Å². The molecule has 1 aromatic carbocycles. The molecular weight excluding hydrogens is 254 g/mol. The van der Waals surface area contributed by atoms with E-state index in [9.17, 15) is 14.7 Å². The molecule has 1 amide bonds. The zero-order chi connectivity index (χ0) is 15.3. The third-order valence-electron chi connectivity index (χ3n) is 5.03. The van der Waals surface area contributed by atoms with Crippen LogP contribution in [0.15, 0.2) is 18.2 Å². The van der Waals surface area contributed by atoms with E-state index in [1.807, 2.05) is 0 Å². The lowest BCUT2D eigenvalue weighted by atomic mass is 10.0. The first-order valence-electron chi connectivity index (χ1n) is 6.74. The van der Waals surface area contributed by atoms with E-state index in [1.54, 1.807) is 19.1 Å². The number of aryl methyl sites for hydroxylation is 1. The molecule has 108 valence electrons. The highest BCUT2D eigenvalue weighted by atomic mass is 16.4. The molecule has 2 rings (SSSR count). The molecular formula is C16H21NO3. The van der Waals surface area contributed by atoms with E-state index in [1.165, 1.54) is 6.07 Å². The largest absolute Gasteiger partial charge is 0.478 e. The molecule has 4 heteroatoms. The summed E-state index contributed by atoms with van der Waals surface area (Å²) in [6.07, 6.45) is 0. The SMILES string of the molecule is Cc1cccc(C(=O)O)c1NC(=O)C1C(C)(C)C1(C)C. The lowest BCUT2D eigenvalue weighted by molar-refractivity contribution is -0.118. The minimum Gasteiger partial charge on any atom is -0.478 e. The molecule has 0 spiro atoms. The minimum absolute atomic E-state index is 0.0663. The second kappa shape index (κ2) is 4.33. The molecule has 1 aliphatic carbocycles. The molecule has 0 aliphatic heterocycles. The van der Waals surface area contributed by atoms with E-state index >= 15 is 0 Å². The Kier molecular flexibility index (Phi) is 3.16. The van der Waals surface area contributed by atoms with Gasteiger partial charge in [0.15, 0.2) is 0 Å². The first kappa shape index (κ1) is 14.6. The predicted octanol–water partition coefficient (Wildman–Crippen LogP) is 3.31. The number of rotatable bonds is 3. The number of hydrogen-bond acceptors (Lipinski definition) is 2. The fourth-order valence-electron chi connectivity index (χ4n) is 3.06. The molecule has 1 aliphatic rings. The van der Waals surface area contributed by atoms with Gasteiger partial charge in [-0.25, -0.2) is 4.79 Å². The fourth-order valence-corrected chi connectivity index (χ4v) is 3.06. The van der Waals surface area contributed by atoms with E-state index in [4.69, 9.17) is 0 Å². The summed E-state index contributed by atoms with van der Waals surface area (Å²) in [4.78, 5) is 23.7. The van der Waals surface area contributed by atoms with Gasteiger partial charge in [-0.05, 0) is 29.4 Å². The lowest BCUT2D eigenvalue weighted by Gasteiger charge is -2.12. The number of para-hydroxylation sites is 1. The van der Waals surface area contributed by atoms with Gasteiger partial charge in [-0.3, -0.25) is 4.79 Å². The van der Waals surface area contributed by atoms with Crippen LogP contribution in [-0.2, 0) is 4.79 Å².